The summed E-state index contributed by atoms with van der Waals surface area (Å²) >= 11 is 1.54. The molecule has 0 aromatic carbocycles. The lowest BCUT2D eigenvalue weighted by atomic mass is 10.1. The number of furan rings is 1. The molecule has 0 saturated carbocycles. The Kier molecular flexibility index (Phi) is 3.85. The van der Waals surface area contributed by atoms with Gasteiger partial charge in [0.2, 0.25) is 5.89 Å². The van der Waals surface area contributed by atoms with Gasteiger partial charge in [0.1, 0.15) is 35.6 Å². The summed E-state index contributed by atoms with van der Waals surface area (Å²) in [6.07, 6.45) is 1.50. The summed E-state index contributed by atoms with van der Waals surface area (Å²) in [4.78, 5) is 17.4. The number of carbonyl (C=O) groups is 1. The van der Waals surface area contributed by atoms with Gasteiger partial charge in [-0.1, -0.05) is 6.07 Å². The van der Waals surface area contributed by atoms with Gasteiger partial charge in [-0.3, -0.25) is 0 Å². The number of aryl methyl sites for hydroxylation is 2. The molecule has 0 aliphatic carbocycles. The van der Waals surface area contributed by atoms with Crippen LogP contribution in [0.3, 0.4) is 0 Å². The third kappa shape index (κ3) is 2.69. The standard InChI is InChI=1S/C16H15NO4S/c1-9-10(2)21-11(3)14(9)16(18)20-8-12-7-19-15(17-12)13-5-4-6-22-13/h4-7H,8H2,1-3H3. The molecule has 3 aromatic rings. The first-order valence-electron chi connectivity index (χ1n) is 6.78. The topological polar surface area (TPSA) is 65.5 Å². The molecule has 0 atom stereocenters. The van der Waals surface area contributed by atoms with Gasteiger partial charge in [-0.05, 0) is 32.2 Å². The molecule has 0 amide bonds. The van der Waals surface area contributed by atoms with Gasteiger partial charge in [-0.25, -0.2) is 9.78 Å². The van der Waals surface area contributed by atoms with E-state index in [9.17, 15) is 4.79 Å². The van der Waals surface area contributed by atoms with Crippen LogP contribution < -0.4 is 0 Å². The van der Waals surface area contributed by atoms with Crippen LogP contribution in [-0.4, -0.2) is 11.0 Å². The Balaban J connectivity index is 1.69. The van der Waals surface area contributed by atoms with Crippen molar-refractivity contribution in [1.29, 1.82) is 0 Å². The smallest absolute Gasteiger partial charge is 0.342 e. The molecule has 0 unspecified atom stereocenters. The number of oxazole rings is 1. The number of thiophene rings is 1. The fraction of sp³-hybridized carbons (Fsp3) is 0.250. The Labute approximate surface area is 131 Å². The SMILES string of the molecule is Cc1oc(C)c(C(=O)OCc2coc(-c3cccs3)n2)c1C. The highest BCUT2D eigenvalue weighted by atomic mass is 32.1. The van der Waals surface area contributed by atoms with Crippen LogP contribution in [0, 0.1) is 20.8 Å². The van der Waals surface area contributed by atoms with Crippen LogP contribution in [0.25, 0.3) is 10.8 Å². The number of carbonyl (C=O) groups excluding carboxylic acids is 1. The second kappa shape index (κ2) is 5.81. The second-order valence-corrected chi connectivity index (χ2v) is 5.86. The van der Waals surface area contributed by atoms with Crippen molar-refractivity contribution >= 4 is 17.3 Å². The van der Waals surface area contributed by atoms with Crippen molar-refractivity contribution in [3.05, 3.63) is 52.1 Å². The molecule has 3 heterocycles. The van der Waals surface area contributed by atoms with Crippen LogP contribution in [0.5, 0.6) is 0 Å². The maximum absolute atomic E-state index is 12.2. The molecule has 0 fully saturated rings. The van der Waals surface area contributed by atoms with Crippen molar-refractivity contribution in [3.8, 4) is 10.8 Å². The molecular weight excluding hydrogens is 302 g/mol. The van der Waals surface area contributed by atoms with Crippen molar-refractivity contribution in [1.82, 2.24) is 4.98 Å². The van der Waals surface area contributed by atoms with Crippen molar-refractivity contribution in [2.45, 2.75) is 27.4 Å². The third-order valence-electron chi connectivity index (χ3n) is 3.40. The molecule has 0 N–H and O–H groups in total. The van der Waals surface area contributed by atoms with E-state index in [4.69, 9.17) is 13.6 Å². The Morgan fingerprint density at radius 1 is 1.32 bits per heavy atom. The molecule has 3 aromatic heterocycles. The summed E-state index contributed by atoms with van der Waals surface area (Å²) in [6, 6.07) is 3.85. The van der Waals surface area contributed by atoms with Gasteiger partial charge >= 0.3 is 5.97 Å². The lowest BCUT2D eigenvalue weighted by Crippen LogP contribution is -2.07. The molecule has 6 heteroatoms. The van der Waals surface area contributed by atoms with Crippen LogP contribution in [0.15, 0.2) is 32.6 Å². The van der Waals surface area contributed by atoms with Gasteiger partial charge in [0.05, 0.1) is 4.88 Å². The van der Waals surface area contributed by atoms with E-state index >= 15 is 0 Å². The number of aromatic nitrogens is 1. The van der Waals surface area contributed by atoms with Gasteiger partial charge in [-0.15, -0.1) is 11.3 Å². The molecule has 0 bridgehead atoms. The maximum Gasteiger partial charge on any atom is 0.342 e. The van der Waals surface area contributed by atoms with Gasteiger partial charge in [0.25, 0.3) is 0 Å². The molecule has 0 aliphatic heterocycles. The first-order chi connectivity index (χ1) is 10.6. The first kappa shape index (κ1) is 14.6. The quantitative estimate of drug-likeness (QED) is 0.672. The fourth-order valence-corrected chi connectivity index (χ4v) is 2.85. The van der Waals surface area contributed by atoms with Crippen molar-refractivity contribution < 1.29 is 18.4 Å². The summed E-state index contributed by atoms with van der Waals surface area (Å²) < 4.78 is 16.1. The summed E-state index contributed by atoms with van der Waals surface area (Å²) in [5, 5.41) is 1.95. The van der Waals surface area contributed by atoms with Crippen molar-refractivity contribution in [3.63, 3.8) is 0 Å². The van der Waals surface area contributed by atoms with Gasteiger partial charge in [-0.2, -0.15) is 0 Å². The summed E-state index contributed by atoms with van der Waals surface area (Å²) in [6.45, 7) is 5.48. The highest BCUT2D eigenvalue weighted by Crippen LogP contribution is 2.25. The van der Waals surface area contributed by atoms with Crippen LogP contribution in [0.1, 0.15) is 33.1 Å². The Morgan fingerprint density at radius 3 is 2.77 bits per heavy atom. The molecule has 114 valence electrons. The van der Waals surface area contributed by atoms with Crippen molar-refractivity contribution in [2.24, 2.45) is 0 Å². The monoisotopic (exact) mass is 317 g/mol. The van der Waals surface area contributed by atoms with Crippen LogP contribution in [0.4, 0.5) is 0 Å². The number of rotatable bonds is 4. The minimum absolute atomic E-state index is 0.0663. The van der Waals surface area contributed by atoms with Gasteiger partial charge < -0.3 is 13.6 Å². The number of hydrogen-bond acceptors (Lipinski definition) is 6. The molecule has 0 radical (unpaired) electrons. The fourth-order valence-electron chi connectivity index (χ4n) is 2.19. The van der Waals surface area contributed by atoms with E-state index in [1.165, 1.54) is 6.26 Å². The van der Waals surface area contributed by atoms with E-state index < -0.39 is 5.97 Å². The zero-order valence-corrected chi connectivity index (χ0v) is 13.3. The van der Waals surface area contributed by atoms with E-state index in [0.717, 1.165) is 16.2 Å². The van der Waals surface area contributed by atoms with E-state index in [-0.39, 0.29) is 6.61 Å². The molecule has 5 nitrogen and oxygen atoms in total. The van der Waals surface area contributed by atoms with Gasteiger partial charge in [0.15, 0.2) is 0 Å². The van der Waals surface area contributed by atoms with E-state index in [0.29, 0.717) is 22.9 Å². The molecule has 0 spiro atoms. The second-order valence-electron chi connectivity index (χ2n) is 4.91. The molecule has 0 aliphatic rings. The van der Waals surface area contributed by atoms with Crippen LogP contribution >= 0.6 is 11.3 Å². The maximum atomic E-state index is 12.2. The van der Waals surface area contributed by atoms with Gasteiger partial charge in [0, 0.05) is 5.56 Å². The third-order valence-corrected chi connectivity index (χ3v) is 4.26. The Bertz CT molecular complexity index is 798. The summed E-state index contributed by atoms with van der Waals surface area (Å²) in [5.74, 6) is 1.42. The number of ether oxygens (including phenoxy) is 1. The van der Waals surface area contributed by atoms with Crippen molar-refractivity contribution in [2.75, 3.05) is 0 Å². The highest BCUT2D eigenvalue weighted by molar-refractivity contribution is 7.13. The molecular formula is C16H15NO4S. The molecule has 3 rings (SSSR count). The van der Waals surface area contributed by atoms with E-state index in [2.05, 4.69) is 4.98 Å². The predicted octanol–water partition coefficient (Wildman–Crippen LogP) is 4.28. The predicted molar refractivity (Wildman–Crippen MR) is 81.9 cm³/mol. The van der Waals surface area contributed by atoms with E-state index in [1.54, 1.807) is 18.3 Å². The minimum atomic E-state index is -0.410. The zero-order valence-electron chi connectivity index (χ0n) is 12.5. The summed E-state index contributed by atoms with van der Waals surface area (Å²) in [5.41, 5.74) is 1.87. The zero-order chi connectivity index (χ0) is 15.7. The largest absolute Gasteiger partial charge is 0.465 e. The lowest BCUT2D eigenvalue weighted by Gasteiger charge is -2.02. The normalized spacial score (nSPS) is 10.9. The minimum Gasteiger partial charge on any atom is -0.465 e. The Morgan fingerprint density at radius 2 is 2.14 bits per heavy atom. The number of esters is 1. The number of nitrogens with zero attached hydrogens (tertiary/aromatic N) is 1. The van der Waals surface area contributed by atoms with Crippen LogP contribution in [0.2, 0.25) is 0 Å². The highest BCUT2D eigenvalue weighted by Gasteiger charge is 2.20. The average Bonchev–Trinajstić information content (AvgIpc) is 3.19. The average molecular weight is 317 g/mol. The van der Waals surface area contributed by atoms with Crippen LogP contribution in [-0.2, 0) is 11.3 Å². The molecule has 22 heavy (non-hydrogen) atoms. The number of hydrogen-bond donors (Lipinski definition) is 0. The Hall–Kier alpha value is -2.34. The van der Waals surface area contributed by atoms with E-state index in [1.807, 2.05) is 31.4 Å². The summed E-state index contributed by atoms with van der Waals surface area (Å²) in [7, 11) is 0. The lowest BCUT2D eigenvalue weighted by molar-refractivity contribution is 0.0465. The first-order valence-corrected chi connectivity index (χ1v) is 7.66. The molecule has 0 saturated heterocycles.